The number of nitrogens with zero attached hydrogens (tertiary/aromatic N) is 1. The van der Waals surface area contributed by atoms with E-state index in [1.54, 1.807) is 0 Å². The molecule has 0 unspecified atom stereocenters. The standard InChI is InChI=1S/C16H16N2O/c17-10-11-19-16-8-6-15(7-9-16)13-18-12-14-4-2-1-3-5-14/h1-9,18H,11-13H2. The molecule has 0 aliphatic rings. The van der Waals surface area contributed by atoms with Gasteiger partial charge < -0.3 is 10.1 Å². The highest BCUT2D eigenvalue weighted by atomic mass is 16.5. The van der Waals surface area contributed by atoms with Gasteiger partial charge in [0.2, 0.25) is 0 Å². The fourth-order valence-corrected chi connectivity index (χ4v) is 1.77. The number of hydrogen-bond acceptors (Lipinski definition) is 3. The summed E-state index contributed by atoms with van der Waals surface area (Å²) in [4.78, 5) is 0. The highest BCUT2D eigenvalue weighted by Gasteiger charge is 1.96. The van der Waals surface area contributed by atoms with Crippen LogP contribution in [-0.2, 0) is 13.1 Å². The normalized spacial score (nSPS) is 9.84. The van der Waals surface area contributed by atoms with E-state index in [0.29, 0.717) is 0 Å². The Bertz CT molecular complexity index is 529. The van der Waals surface area contributed by atoms with E-state index in [1.165, 1.54) is 11.1 Å². The van der Waals surface area contributed by atoms with Gasteiger partial charge in [-0.25, -0.2) is 0 Å². The molecular weight excluding hydrogens is 236 g/mol. The van der Waals surface area contributed by atoms with Crippen LogP contribution in [0.4, 0.5) is 0 Å². The molecule has 19 heavy (non-hydrogen) atoms. The third-order valence-electron chi connectivity index (χ3n) is 2.73. The average molecular weight is 252 g/mol. The zero-order valence-electron chi connectivity index (χ0n) is 10.7. The van der Waals surface area contributed by atoms with Crippen LogP contribution in [0.5, 0.6) is 5.75 Å². The smallest absolute Gasteiger partial charge is 0.174 e. The lowest BCUT2D eigenvalue weighted by molar-refractivity contribution is 0.368. The minimum Gasteiger partial charge on any atom is -0.479 e. The molecule has 3 heteroatoms. The first-order valence-corrected chi connectivity index (χ1v) is 6.22. The molecule has 0 heterocycles. The second-order valence-corrected chi connectivity index (χ2v) is 4.18. The van der Waals surface area contributed by atoms with Crippen LogP contribution < -0.4 is 10.1 Å². The van der Waals surface area contributed by atoms with E-state index < -0.39 is 0 Å². The van der Waals surface area contributed by atoms with E-state index in [2.05, 4.69) is 17.4 Å². The number of nitrogens with one attached hydrogen (secondary N) is 1. The summed E-state index contributed by atoms with van der Waals surface area (Å²) in [6, 6.07) is 20.0. The predicted molar refractivity (Wildman–Crippen MR) is 74.5 cm³/mol. The van der Waals surface area contributed by atoms with Crippen molar-refractivity contribution in [3.63, 3.8) is 0 Å². The summed E-state index contributed by atoms with van der Waals surface area (Å²) < 4.78 is 5.20. The van der Waals surface area contributed by atoms with Crippen molar-refractivity contribution in [2.75, 3.05) is 6.61 Å². The number of benzene rings is 2. The fraction of sp³-hybridized carbons (Fsp3) is 0.188. The molecular formula is C16H16N2O. The van der Waals surface area contributed by atoms with Crippen LogP contribution in [0, 0.1) is 11.3 Å². The molecule has 2 aromatic carbocycles. The average Bonchev–Trinajstić information content (AvgIpc) is 2.47. The molecule has 0 spiro atoms. The maximum atomic E-state index is 8.42. The van der Waals surface area contributed by atoms with Gasteiger partial charge in [0.25, 0.3) is 0 Å². The Morgan fingerprint density at radius 3 is 2.16 bits per heavy atom. The third kappa shape index (κ3) is 4.46. The zero-order chi connectivity index (χ0) is 13.3. The molecule has 0 aliphatic heterocycles. The molecule has 0 saturated carbocycles. The van der Waals surface area contributed by atoms with E-state index in [9.17, 15) is 0 Å². The lowest BCUT2D eigenvalue weighted by Crippen LogP contribution is -2.12. The van der Waals surface area contributed by atoms with E-state index in [1.807, 2.05) is 48.5 Å². The molecule has 1 N–H and O–H groups in total. The first kappa shape index (κ1) is 13.1. The zero-order valence-corrected chi connectivity index (χ0v) is 10.7. The van der Waals surface area contributed by atoms with Crippen molar-refractivity contribution in [2.24, 2.45) is 0 Å². The quantitative estimate of drug-likeness (QED) is 0.859. The number of hydrogen-bond donors (Lipinski definition) is 1. The van der Waals surface area contributed by atoms with Gasteiger partial charge in [0, 0.05) is 13.1 Å². The van der Waals surface area contributed by atoms with Gasteiger partial charge in [0.05, 0.1) is 0 Å². The van der Waals surface area contributed by atoms with E-state index in [-0.39, 0.29) is 6.61 Å². The topological polar surface area (TPSA) is 45.0 Å². The SMILES string of the molecule is N#CCOc1ccc(CNCc2ccccc2)cc1. The molecule has 0 radical (unpaired) electrons. The summed E-state index contributed by atoms with van der Waals surface area (Å²) in [7, 11) is 0. The molecule has 0 amide bonds. The Labute approximate surface area is 113 Å². The van der Waals surface area contributed by atoms with Crippen LogP contribution in [0.15, 0.2) is 54.6 Å². The van der Waals surface area contributed by atoms with Crippen molar-refractivity contribution < 1.29 is 4.74 Å². The van der Waals surface area contributed by atoms with Gasteiger partial charge in [-0.15, -0.1) is 0 Å². The minimum absolute atomic E-state index is 0.0889. The van der Waals surface area contributed by atoms with Crippen LogP contribution in [0.1, 0.15) is 11.1 Å². The van der Waals surface area contributed by atoms with Crippen molar-refractivity contribution in [3.05, 3.63) is 65.7 Å². The molecule has 3 nitrogen and oxygen atoms in total. The Morgan fingerprint density at radius 1 is 0.895 bits per heavy atom. The molecule has 0 atom stereocenters. The van der Waals surface area contributed by atoms with E-state index >= 15 is 0 Å². The van der Waals surface area contributed by atoms with E-state index in [4.69, 9.17) is 10.00 Å². The second-order valence-electron chi connectivity index (χ2n) is 4.18. The van der Waals surface area contributed by atoms with Gasteiger partial charge >= 0.3 is 0 Å². The molecule has 2 aromatic rings. The van der Waals surface area contributed by atoms with Gasteiger partial charge in [-0.05, 0) is 23.3 Å². The molecule has 0 saturated heterocycles. The molecule has 0 fully saturated rings. The second kappa shape index (κ2) is 7.20. The van der Waals surface area contributed by atoms with Crippen molar-refractivity contribution >= 4 is 0 Å². The van der Waals surface area contributed by atoms with Crippen LogP contribution in [-0.4, -0.2) is 6.61 Å². The van der Waals surface area contributed by atoms with Crippen molar-refractivity contribution in [3.8, 4) is 11.8 Å². The molecule has 0 aliphatic carbocycles. The Hall–Kier alpha value is -2.31. The Kier molecular flexibility index (Phi) is 4.97. The summed E-state index contributed by atoms with van der Waals surface area (Å²) in [5.41, 5.74) is 2.47. The fourth-order valence-electron chi connectivity index (χ4n) is 1.77. The largest absolute Gasteiger partial charge is 0.479 e. The molecule has 96 valence electrons. The summed E-state index contributed by atoms with van der Waals surface area (Å²) in [5, 5.41) is 11.8. The van der Waals surface area contributed by atoms with Crippen molar-refractivity contribution in [1.82, 2.24) is 5.32 Å². The maximum Gasteiger partial charge on any atom is 0.174 e. The first-order chi connectivity index (χ1) is 9.38. The third-order valence-corrected chi connectivity index (χ3v) is 2.73. The summed E-state index contributed by atoms with van der Waals surface area (Å²) >= 11 is 0. The first-order valence-electron chi connectivity index (χ1n) is 6.22. The van der Waals surface area contributed by atoms with Gasteiger partial charge in [0.15, 0.2) is 6.61 Å². The van der Waals surface area contributed by atoms with Crippen molar-refractivity contribution in [1.29, 1.82) is 5.26 Å². The number of ether oxygens (including phenoxy) is 1. The molecule has 0 bridgehead atoms. The summed E-state index contributed by atoms with van der Waals surface area (Å²) in [6.07, 6.45) is 0. The van der Waals surface area contributed by atoms with Gasteiger partial charge in [-0.2, -0.15) is 5.26 Å². The lowest BCUT2D eigenvalue weighted by Gasteiger charge is -2.06. The predicted octanol–water partition coefficient (Wildman–Crippen LogP) is 2.88. The molecule has 0 aromatic heterocycles. The van der Waals surface area contributed by atoms with E-state index in [0.717, 1.165) is 18.8 Å². The summed E-state index contributed by atoms with van der Waals surface area (Å²) in [5.74, 6) is 0.730. The highest BCUT2D eigenvalue weighted by molar-refractivity contribution is 5.27. The van der Waals surface area contributed by atoms with Gasteiger partial charge in [-0.1, -0.05) is 42.5 Å². The van der Waals surface area contributed by atoms with Crippen LogP contribution in [0.3, 0.4) is 0 Å². The molecule has 2 rings (SSSR count). The van der Waals surface area contributed by atoms with Crippen LogP contribution >= 0.6 is 0 Å². The lowest BCUT2D eigenvalue weighted by atomic mass is 10.2. The van der Waals surface area contributed by atoms with Crippen molar-refractivity contribution in [2.45, 2.75) is 13.1 Å². The summed E-state index contributed by atoms with van der Waals surface area (Å²) in [6.45, 7) is 1.76. The van der Waals surface area contributed by atoms with Crippen LogP contribution in [0.25, 0.3) is 0 Å². The number of nitriles is 1. The highest BCUT2D eigenvalue weighted by Crippen LogP contribution is 2.12. The maximum absolute atomic E-state index is 8.42. The Morgan fingerprint density at radius 2 is 1.53 bits per heavy atom. The minimum atomic E-state index is 0.0889. The van der Waals surface area contributed by atoms with Gasteiger partial charge in [-0.3, -0.25) is 0 Å². The Balaban J connectivity index is 1.79. The van der Waals surface area contributed by atoms with Crippen LogP contribution in [0.2, 0.25) is 0 Å². The van der Waals surface area contributed by atoms with Gasteiger partial charge in [0.1, 0.15) is 11.8 Å². The number of rotatable bonds is 6. The monoisotopic (exact) mass is 252 g/mol.